The topological polar surface area (TPSA) is 59.6 Å². The molecule has 0 unspecified atom stereocenters. The van der Waals surface area contributed by atoms with Gasteiger partial charge in [-0.25, -0.2) is 0 Å². The third-order valence-corrected chi connectivity index (χ3v) is 3.94. The summed E-state index contributed by atoms with van der Waals surface area (Å²) in [5, 5.41) is 6.30. The molecule has 0 aromatic heterocycles. The Kier molecular flexibility index (Phi) is 7.48. The zero-order valence-corrected chi connectivity index (χ0v) is 14.2. The summed E-state index contributed by atoms with van der Waals surface area (Å²) in [5.74, 6) is 1.84. The van der Waals surface area contributed by atoms with Crippen LogP contribution < -0.4 is 20.1 Å². The summed E-state index contributed by atoms with van der Waals surface area (Å²) in [6, 6.07) is 3.69. The Morgan fingerprint density at radius 1 is 1.23 bits per heavy atom. The lowest BCUT2D eigenvalue weighted by atomic mass is 9.94. The molecule has 6 heteroatoms. The SMILES string of the molecule is COc1cc(C)c(NC(=O)CC2CCNCC2)cc1OC.Cl. The van der Waals surface area contributed by atoms with Crippen molar-refractivity contribution in [3.63, 3.8) is 0 Å². The van der Waals surface area contributed by atoms with Gasteiger partial charge in [-0.3, -0.25) is 4.79 Å². The van der Waals surface area contributed by atoms with E-state index in [2.05, 4.69) is 10.6 Å². The summed E-state index contributed by atoms with van der Waals surface area (Å²) in [7, 11) is 3.19. The summed E-state index contributed by atoms with van der Waals surface area (Å²) in [6.45, 7) is 3.96. The van der Waals surface area contributed by atoms with Crippen molar-refractivity contribution < 1.29 is 14.3 Å². The van der Waals surface area contributed by atoms with E-state index in [4.69, 9.17) is 9.47 Å². The van der Waals surface area contributed by atoms with Gasteiger partial charge >= 0.3 is 0 Å². The van der Waals surface area contributed by atoms with Crippen LogP contribution in [-0.4, -0.2) is 33.2 Å². The molecule has 22 heavy (non-hydrogen) atoms. The van der Waals surface area contributed by atoms with E-state index in [1.807, 2.05) is 19.1 Å². The molecule has 124 valence electrons. The highest BCUT2D eigenvalue weighted by Crippen LogP contribution is 2.33. The Hall–Kier alpha value is -1.46. The van der Waals surface area contributed by atoms with Crippen molar-refractivity contribution in [1.82, 2.24) is 5.32 Å². The van der Waals surface area contributed by atoms with Gasteiger partial charge in [0, 0.05) is 18.2 Å². The molecule has 1 fully saturated rings. The smallest absolute Gasteiger partial charge is 0.224 e. The van der Waals surface area contributed by atoms with Gasteiger partial charge in [-0.1, -0.05) is 0 Å². The first kappa shape index (κ1) is 18.6. The summed E-state index contributed by atoms with van der Waals surface area (Å²) < 4.78 is 10.5. The Labute approximate surface area is 138 Å². The molecule has 1 aliphatic rings. The fourth-order valence-corrected chi connectivity index (χ4v) is 2.66. The quantitative estimate of drug-likeness (QED) is 0.872. The van der Waals surface area contributed by atoms with Crippen LogP contribution in [0.5, 0.6) is 11.5 Å². The van der Waals surface area contributed by atoms with Crippen molar-refractivity contribution in [3.05, 3.63) is 17.7 Å². The number of methoxy groups -OCH3 is 2. The zero-order valence-electron chi connectivity index (χ0n) is 13.4. The Bertz CT molecular complexity index is 502. The number of halogens is 1. The minimum atomic E-state index is 0. The highest BCUT2D eigenvalue weighted by atomic mass is 35.5. The second-order valence-corrected chi connectivity index (χ2v) is 5.47. The highest BCUT2D eigenvalue weighted by molar-refractivity contribution is 5.92. The van der Waals surface area contributed by atoms with Crippen LogP contribution in [0.25, 0.3) is 0 Å². The van der Waals surface area contributed by atoms with E-state index < -0.39 is 0 Å². The monoisotopic (exact) mass is 328 g/mol. The average molecular weight is 329 g/mol. The largest absolute Gasteiger partial charge is 0.493 e. The molecule has 2 N–H and O–H groups in total. The zero-order chi connectivity index (χ0) is 15.2. The third-order valence-electron chi connectivity index (χ3n) is 3.94. The van der Waals surface area contributed by atoms with E-state index in [-0.39, 0.29) is 18.3 Å². The minimum Gasteiger partial charge on any atom is -0.493 e. The molecule has 0 radical (unpaired) electrons. The number of hydrogen-bond donors (Lipinski definition) is 2. The maximum atomic E-state index is 12.2. The Morgan fingerprint density at radius 3 is 2.41 bits per heavy atom. The molecule has 1 heterocycles. The van der Waals surface area contributed by atoms with E-state index >= 15 is 0 Å². The Balaban J connectivity index is 0.00000242. The van der Waals surface area contributed by atoms with Crippen molar-refractivity contribution in [1.29, 1.82) is 0 Å². The molecule has 2 rings (SSSR count). The number of hydrogen-bond acceptors (Lipinski definition) is 4. The van der Waals surface area contributed by atoms with Crippen LogP contribution >= 0.6 is 12.4 Å². The predicted octanol–water partition coefficient (Wildman–Crippen LogP) is 2.76. The maximum absolute atomic E-state index is 12.2. The van der Waals surface area contributed by atoms with Crippen molar-refractivity contribution in [2.75, 3.05) is 32.6 Å². The van der Waals surface area contributed by atoms with Gasteiger partial charge in [-0.2, -0.15) is 0 Å². The first-order valence-electron chi connectivity index (χ1n) is 7.37. The van der Waals surface area contributed by atoms with Gasteiger partial charge < -0.3 is 20.1 Å². The standard InChI is InChI=1S/C16H24N2O3.ClH/c1-11-8-14(20-2)15(21-3)10-13(11)18-16(19)9-12-4-6-17-7-5-12;/h8,10,12,17H,4-7,9H2,1-3H3,(H,18,19);1H. The first-order valence-corrected chi connectivity index (χ1v) is 7.37. The molecule has 0 aliphatic carbocycles. The molecule has 0 spiro atoms. The first-order chi connectivity index (χ1) is 10.1. The van der Waals surface area contributed by atoms with Gasteiger partial charge in [-0.05, 0) is 50.4 Å². The number of nitrogens with one attached hydrogen (secondary N) is 2. The summed E-state index contributed by atoms with van der Waals surface area (Å²) >= 11 is 0. The molecule has 0 saturated carbocycles. The molecule has 5 nitrogen and oxygen atoms in total. The molecular formula is C16H25ClN2O3. The van der Waals surface area contributed by atoms with Gasteiger partial charge in [0.15, 0.2) is 11.5 Å². The van der Waals surface area contributed by atoms with Crippen LogP contribution in [0.1, 0.15) is 24.8 Å². The van der Waals surface area contributed by atoms with Crippen LogP contribution in [0.3, 0.4) is 0 Å². The highest BCUT2D eigenvalue weighted by Gasteiger charge is 2.18. The van der Waals surface area contributed by atoms with Crippen molar-refractivity contribution in [3.8, 4) is 11.5 Å². The average Bonchev–Trinajstić information content (AvgIpc) is 2.49. The van der Waals surface area contributed by atoms with Crippen LogP contribution in [0.4, 0.5) is 5.69 Å². The fourth-order valence-electron chi connectivity index (χ4n) is 2.66. The molecule has 1 saturated heterocycles. The van der Waals surface area contributed by atoms with E-state index in [0.29, 0.717) is 23.8 Å². The molecule has 1 aromatic rings. The number of carbonyl (C=O) groups excluding carboxylic acids is 1. The number of carbonyl (C=O) groups is 1. The number of anilines is 1. The van der Waals surface area contributed by atoms with Gasteiger partial charge in [0.2, 0.25) is 5.91 Å². The van der Waals surface area contributed by atoms with Gasteiger partial charge in [0.1, 0.15) is 0 Å². The van der Waals surface area contributed by atoms with Crippen molar-refractivity contribution >= 4 is 24.0 Å². The number of benzene rings is 1. The second-order valence-electron chi connectivity index (χ2n) is 5.47. The fraction of sp³-hybridized carbons (Fsp3) is 0.562. The lowest BCUT2D eigenvalue weighted by Crippen LogP contribution is -2.30. The normalized spacial score (nSPS) is 14.9. The Morgan fingerprint density at radius 2 is 1.82 bits per heavy atom. The third kappa shape index (κ3) is 4.78. The van der Waals surface area contributed by atoms with Crippen LogP contribution in [0, 0.1) is 12.8 Å². The minimum absolute atomic E-state index is 0. The molecule has 0 bridgehead atoms. The second kappa shape index (κ2) is 8.86. The van der Waals surface area contributed by atoms with Crippen molar-refractivity contribution in [2.45, 2.75) is 26.2 Å². The summed E-state index contributed by atoms with van der Waals surface area (Å²) in [6.07, 6.45) is 2.71. The number of piperidine rings is 1. The van der Waals surface area contributed by atoms with Gasteiger partial charge in [0.25, 0.3) is 0 Å². The van der Waals surface area contributed by atoms with Crippen LogP contribution in [0.2, 0.25) is 0 Å². The van der Waals surface area contributed by atoms with E-state index in [1.54, 1.807) is 14.2 Å². The molecule has 1 amide bonds. The molecule has 1 aromatic carbocycles. The van der Waals surface area contributed by atoms with E-state index in [0.717, 1.165) is 37.2 Å². The van der Waals surface area contributed by atoms with Crippen LogP contribution in [-0.2, 0) is 4.79 Å². The van der Waals surface area contributed by atoms with Crippen LogP contribution in [0.15, 0.2) is 12.1 Å². The number of aryl methyl sites for hydroxylation is 1. The summed E-state index contributed by atoms with van der Waals surface area (Å²) in [4.78, 5) is 12.2. The maximum Gasteiger partial charge on any atom is 0.224 e. The van der Waals surface area contributed by atoms with Gasteiger partial charge in [-0.15, -0.1) is 12.4 Å². The predicted molar refractivity (Wildman–Crippen MR) is 90.4 cm³/mol. The van der Waals surface area contributed by atoms with E-state index in [1.165, 1.54) is 0 Å². The summed E-state index contributed by atoms with van der Waals surface area (Å²) in [5.41, 5.74) is 1.75. The molecule has 1 aliphatic heterocycles. The molecular weight excluding hydrogens is 304 g/mol. The van der Waals surface area contributed by atoms with Gasteiger partial charge in [0.05, 0.1) is 14.2 Å². The van der Waals surface area contributed by atoms with Crippen molar-refractivity contribution in [2.24, 2.45) is 5.92 Å². The number of ether oxygens (including phenoxy) is 2. The lowest BCUT2D eigenvalue weighted by Gasteiger charge is -2.22. The number of rotatable bonds is 5. The number of amides is 1. The lowest BCUT2D eigenvalue weighted by molar-refractivity contribution is -0.117. The molecule has 0 atom stereocenters. The van der Waals surface area contributed by atoms with E-state index in [9.17, 15) is 4.79 Å².